The number of nitrogens with zero attached hydrogens (tertiary/aromatic N) is 3. The van der Waals surface area contributed by atoms with Gasteiger partial charge < -0.3 is 5.32 Å². The Labute approximate surface area is 130 Å². The summed E-state index contributed by atoms with van der Waals surface area (Å²) in [5.74, 6) is -1.20. The maximum absolute atomic E-state index is 13.8. The van der Waals surface area contributed by atoms with Crippen molar-refractivity contribution in [1.29, 1.82) is 0 Å². The van der Waals surface area contributed by atoms with Crippen LogP contribution in [-0.4, -0.2) is 20.7 Å². The first kappa shape index (κ1) is 14.5. The standard InChI is InChI=1S/C15H12ClFN4O/c1-8-3-5-9(6-4-8)19-15(22)10-7-18-14-11(12(10)16)13(17)20-21(14)2/h3-7H,1-2H3,(H,19,22). The lowest BCUT2D eigenvalue weighted by Gasteiger charge is -2.07. The molecule has 0 aliphatic rings. The van der Waals surface area contributed by atoms with Gasteiger partial charge in [-0.05, 0) is 19.1 Å². The highest BCUT2D eigenvalue weighted by molar-refractivity contribution is 6.38. The topological polar surface area (TPSA) is 59.8 Å². The maximum Gasteiger partial charge on any atom is 0.258 e. The van der Waals surface area contributed by atoms with E-state index in [0.717, 1.165) is 5.56 Å². The highest BCUT2D eigenvalue weighted by Gasteiger charge is 2.20. The molecular formula is C15H12ClFN4O. The van der Waals surface area contributed by atoms with Crippen LogP contribution >= 0.6 is 11.6 Å². The predicted molar refractivity (Wildman–Crippen MR) is 82.6 cm³/mol. The van der Waals surface area contributed by atoms with Crippen molar-refractivity contribution in [2.75, 3.05) is 5.32 Å². The zero-order chi connectivity index (χ0) is 15.9. The molecule has 3 rings (SSSR count). The number of hydrogen-bond donors (Lipinski definition) is 1. The molecule has 3 aromatic rings. The van der Waals surface area contributed by atoms with E-state index in [2.05, 4.69) is 15.4 Å². The summed E-state index contributed by atoms with van der Waals surface area (Å²) in [5.41, 5.74) is 2.09. The molecule has 1 aromatic carbocycles. The summed E-state index contributed by atoms with van der Waals surface area (Å²) in [4.78, 5) is 16.4. The molecule has 1 amide bonds. The van der Waals surface area contributed by atoms with Crippen LogP contribution in [0, 0.1) is 12.9 Å². The van der Waals surface area contributed by atoms with Crippen LogP contribution in [0.2, 0.25) is 5.02 Å². The first-order chi connectivity index (χ1) is 10.5. The zero-order valence-electron chi connectivity index (χ0n) is 11.9. The van der Waals surface area contributed by atoms with E-state index in [1.54, 1.807) is 19.2 Å². The Balaban J connectivity index is 1.99. The molecule has 0 aliphatic carbocycles. The van der Waals surface area contributed by atoms with Crippen molar-refractivity contribution in [1.82, 2.24) is 14.8 Å². The van der Waals surface area contributed by atoms with Gasteiger partial charge in [-0.1, -0.05) is 29.3 Å². The predicted octanol–water partition coefficient (Wildman–Crippen LogP) is 3.32. The number of fused-ring (bicyclic) bond motifs is 1. The van der Waals surface area contributed by atoms with Crippen LogP contribution in [-0.2, 0) is 7.05 Å². The highest BCUT2D eigenvalue weighted by atomic mass is 35.5. The van der Waals surface area contributed by atoms with Gasteiger partial charge in [0.05, 0.1) is 16.0 Å². The van der Waals surface area contributed by atoms with E-state index in [4.69, 9.17) is 11.6 Å². The second-order valence-corrected chi connectivity index (χ2v) is 5.30. The fourth-order valence-corrected chi connectivity index (χ4v) is 2.43. The Morgan fingerprint density at radius 3 is 2.68 bits per heavy atom. The third kappa shape index (κ3) is 2.42. The molecular weight excluding hydrogens is 307 g/mol. The Bertz CT molecular complexity index is 873. The molecule has 112 valence electrons. The Hall–Kier alpha value is -2.47. The number of hydrogen-bond acceptors (Lipinski definition) is 3. The van der Waals surface area contributed by atoms with Gasteiger partial charge in [-0.2, -0.15) is 4.39 Å². The van der Waals surface area contributed by atoms with Gasteiger partial charge in [-0.3, -0.25) is 4.79 Å². The van der Waals surface area contributed by atoms with Crippen molar-refractivity contribution >= 4 is 34.2 Å². The number of carbonyl (C=O) groups is 1. The van der Waals surface area contributed by atoms with Crippen LogP contribution in [0.4, 0.5) is 10.1 Å². The Morgan fingerprint density at radius 2 is 2.00 bits per heavy atom. The lowest BCUT2D eigenvalue weighted by molar-refractivity contribution is 0.102. The number of pyridine rings is 1. The summed E-state index contributed by atoms with van der Waals surface area (Å²) in [6, 6.07) is 7.30. The molecule has 0 bridgehead atoms. The van der Waals surface area contributed by atoms with E-state index < -0.39 is 11.9 Å². The SMILES string of the molecule is Cc1ccc(NC(=O)c2cnc3c(c(F)nn3C)c2Cl)cc1. The number of halogens is 2. The number of benzene rings is 1. The van der Waals surface area contributed by atoms with Gasteiger partial charge in [-0.25, -0.2) is 9.67 Å². The van der Waals surface area contributed by atoms with Crippen LogP contribution < -0.4 is 5.32 Å². The zero-order valence-corrected chi connectivity index (χ0v) is 12.6. The number of rotatable bonds is 2. The number of carbonyl (C=O) groups excluding carboxylic acids is 1. The van der Waals surface area contributed by atoms with Gasteiger partial charge in [0, 0.05) is 18.9 Å². The molecule has 0 saturated carbocycles. The second-order valence-electron chi connectivity index (χ2n) is 4.92. The van der Waals surface area contributed by atoms with E-state index in [1.807, 2.05) is 19.1 Å². The number of anilines is 1. The lowest BCUT2D eigenvalue weighted by atomic mass is 10.2. The van der Waals surface area contributed by atoms with Crippen LogP contribution in [0.25, 0.3) is 11.0 Å². The fourth-order valence-electron chi connectivity index (χ4n) is 2.13. The van der Waals surface area contributed by atoms with Gasteiger partial charge in [0.15, 0.2) is 5.65 Å². The summed E-state index contributed by atoms with van der Waals surface area (Å²) < 4.78 is 15.1. The Kier molecular flexibility index (Phi) is 3.54. The molecule has 2 heterocycles. The van der Waals surface area contributed by atoms with E-state index in [0.29, 0.717) is 5.69 Å². The van der Waals surface area contributed by atoms with Crippen LogP contribution in [0.3, 0.4) is 0 Å². The smallest absolute Gasteiger partial charge is 0.258 e. The average Bonchev–Trinajstić information content (AvgIpc) is 2.77. The minimum Gasteiger partial charge on any atom is -0.322 e. The number of aromatic nitrogens is 3. The molecule has 0 aliphatic heterocycles. The molecule has 0 atom stereocenters. The lowest BCUT2D eigenvalue weighted by Crippen LogP contribution is -2.13. The molecule has 2 aromatic heterocycles. The highest BCUT2D eigenvalue weighted by Crippen LogP contribution is 2.28. The van der Waals surface area contributed by atoms with Gasteiger partial charge in [-0.15, -0.1) is 5.10 Å². The monoisotopic (exact) mass is 318 g/mol. The van der Waals surface area contributed by atoms with E-state index in [-0.39, 0.29) is 21.6 Å². The molecule has 0 saturated heterocycles. The summed E-state index contributed by atoms with van der Waals surface area (Å²) in [6.45, 7) is 1.95. The van der Waals surface area contributed by atoms with Gasteiger partial charge in [0.2, 0.25) is 5.95 Å². The van der Waals surface area contributed by atoms with Crippen molar-refractivity contribution in [3.8, 4) is 0 Å². The minimum atomic E-state index is -0.750. The molecule has 1 N–H and O–H groups in total. The average molecular weight is 319 g/mol. The van der Waals surface area contributed by atoms with Gasteiger partial charge in [0.1, 0.15) is 0 Å². The molecule has 7 heteroatoms. The second kappa shape index (κ2) is 5.38. The Morgan fingerprint density at radius 1 is 1.32 bits per heavy atom. The molecule has 0 fully saturated rings. The summed E-state index contributed by atoms with van der Waals surface area (Å²) in [6.07, 6.45) is 1.31. The fraction of sp³-hybridized carbons (Fsp3) is 0.133. The van der Waals surface area contributed by atoms with Gasteiger partial charge in [0.25, 0.3) is 5.91 Å². The van der Waals surface area contributed by atoms with Crippen LogP contribution in [0.5, 0.6) is 0 Å². The minimum absolute atomic E-state index is 0.000196. The van der Waals surface area contributed by atoms with Crippen molar-refractivity contribution in [2.24, 2.45) is 7.05 Å². The normalized spacial score (nSPS) is 10.9. The largest absolute Gasteiger partial charge is 0.322 e. The van der Waals surface area contributed by atoms with Gasteiger partial charge >= 0.3 is 0 Å². The summed E-state index contributed by atoms with van der Waals surface area (Å²) in [7, 11) is 1.56. The molecule has 0 unspecified atom stereocenters. The van der Waals surface area contributed by atoms with E-state index in [1.165, 1.54) is 10.9 Å². The number of amides is 1. The molecule has 5 nitrogen and oxygen atoms in total. The third-order valence-electron chi connectivity index (χ3n) is 3.30. The number of aryl methyl sites for hydroxylation is 2. The summed E-state index contributed by atoms with van der Waals surface area (Å²) >= 11 is 6.15. The van der Waals surface area contributed by atoms with E-state index >= 15 is 0 Å². The molecule has 22 heavy (non-hydrogen) atoms. The van der Waals surface area contributed by atoms with Crippen LogP contribution in [0.15, 0.2) is 30.5 Å². The van der Waals surface area contributed by atoms with E-state index in [9.17, 15) is 9.18 Å². The maximum atomic E-state index is 13.8. The van der Waals surface area contributed by atoms with Crippen molar-refractivity contribution in [3.05, 3.63) is 52.6 Å². The van der Waals surface area contributed by atoms with Crippen molar-refractivity contribution < 1.29 is 9.18 Å². The summed E-state index contributed by atoms with van der Waals surface area (Å²) in [5, 5.41) is 6.36. The van der Waals surface area contributed by atoms with Crippen molar-refractivity contribution in [2.45, 2.75) is 6.92 Å². The number of nitrogens with one attached hydrogen (secondary N) is 1. The molecule has 0 spiro atoms. The first-order valence-corrected chi connectivity index (χ1v) is 6.90. The molecule has 0 radical (unpaired) electrons. The first-order valence-electron chi connectivity index (χ1n) is 6.52. The quantitative estimate of drug-likeness (QED) is 0.788. The third-order valence-corrected chi connectivity index (χ3v) is 3.69. The van der Waals surface area contributed by atoms with Crippen molar-refractivity contribution in [3.63, 3.8) is 0 Å². The van der Waals surface area contributed by atoms with Crippen LogP contribution in [0.1, 0.15) is 15.9 Å².